The van der Waals surface area contributed by atoms with Crippen molar-refractivity contribution in [1.29, 1.82) is 0 Å². The van der Waals surface area contributed by atoms with E-state index in [0.29, 0.717) is 12.3 Å². The maximum Gasteiger partial charge on any atom is 0.138 e. The molecule has 0 spiro atoms. The van der Waals surface area contributed by atoms with Crippen molar-refractivity contribution in [2.45, 2.75) is 46.1 Å². The van der Waals surface area contributed by atoms with Crippen LogP contribution in [0.2, 0.25) is 0 Å². The molecular weight excluding hydrogens is 415 g/mol. The summed E-state index contributed by atoms with van der Waals surface area (Å²) in [4.78, 5) is 11.6. The average molecular weight is 437 g/mol. The van der Waals surface area contributed by atoms with Gasteiger partial charge < -0.3 is 5.11 Å². The fraction of sp³-hybridized carbons (Fsp3) is 0.769. The Labute approximate surface area is 134 Å². The van der Waals surface area contributed by atoms with Gasteiger partial charge in [0.1, 0.15) is 5.78 Å². The Bertz CT molecular complexity index is 250. The molecule has 0 aromatic carbocycles. The second-order valence-corrected chi connectivity index (χ2v) is 4.78. The van der Waals surface area contributed by atoms with Gasteiger partial charge in [-0.15, -0.1) is 0 Å². The molecule has 0 bridgehead atoms. The summed E-state index contributed by atoms with van der Waals surface area (Å²) in [6, 6.07) is 0. The number of carbonyl (C=O) groups is 1. The minimum Gasteiger partial charge on any atom is -0.392 e. The largest absolute Gasteiger partial charge is 0.392 e. The molecule has 1 N–H and O–H groups in total. The molecule has 1 unspecified atom stereocenters. The summed E-state index contributed by atoms with van der Waals surface area (Å²) >= 11 is 0. The number of carbonyl (C=O) groups excluding carboxylic acids is 1. The van der Waals surface area contributed by atoms with Crippen molar-refractivity contribution in [2.24, 2.45) is 17.8 Å². The van der Waals surface area contributed by atoms with Crippen molar-refractivity contribution >= 4 is 5.78 Å². The Morgan fingerprint density at radius 3 is 2.62 bits per heavy atom. The Kier molecular flexibility index (Phi) is 8.42. The van der Waals surface area contributed by atoms with E-state index in [1.165, 1.54) is 0 Å². The molecule has 1 aliphatic rings. The summed E-state index contributed by atoms with van der Waals surface area (Å²) in [7, 11) is 0. The van der Waals surface area contributed by atoms with Crippen LogP contribution in [-0.4, -0.2) is 17.0 Å². The van der Waals surface area contributed by atoms with E-state index in [0.717, 1.165) is 12.8 Å². The van der Waals surface area contributed by atoms with Gasteiger partial charge in [0.15, 0.2) is 0 Å². The molecule has 0 heterocycles. The maximum absolute atomic E-state index is 11.6. The van der Waals surface area contributed by atoms with Crippen LogP contribution >= 0.6 is 0 Å². The summed E-state index contributed by atoms with van der Waals surface area (Å²) in [5, 5.41) is 10.1. The van der Waals surface area contributed by atoms with E-state index in [9.17, 15) is 9.90 Å². The van der Waals surface area contributed by atoms with Crippen LogP contribution in [0.4, 0.5) is 0 Å². The predicted molar refractivity (Wildman–Crippen MR) is 61.5 cm³/mol. The van der Waals surface area contributed by atoms with Crippen molar-refractivity contribution in [3.05, 3.63) is 12.2 Å². The summed E-state index contributed by atoms with van der Waals surface area (Å²) in [6.07, 6.45) is 6.02. The van der Waals surface area contributed by atoms with E-state index >= 15 is 0 Å². The van der Waals surface area contributed by atoms with Crippen LogP contribution in [0.1, 0.15) is 40.0 Å². The number of aliphatic hydroxyl groups is 1. The van der Waals surface area contributed by atoms with Crippen molar-refractivity contribution in [3.8, 4) is 0 Å². The third-order valence-electron chi connectivity index (χ3n) is 3.53. The molecule has 4 atom stereocenters. The van der Waals surface area contributed by atoms with Crippen LogP contribution in [0, 0.1) is 61.8 Å². The van der Waals surface area contributed by atoms with Crippen LogP contribution in [-0.2, 0) is 4.79 Å². The molecule has 2 nitrogen and oxygen atoms in total. The van der Waals surface area contributed by atoms with E-state index in [1.807, 2.05) is 19.9 Å². The first-order chi connectivity index (χ1) is 7.07. The zero-order valence-corrected chi connectivity index (χ0v) is 15.3. The second-order valence-electron chi connectivity index (χ2n) is 4.78. The topological polar surface area (TPSA) is 37.3 Å². The molecule has 1 fully saturated rings. The quantitative estimate of drug-likeness (QED) is 0.687. The van der Waals surface area contributed by atoms with Crippen LogP contribution in [0.5, 0.6) is 0 Å². The number of Topliss-reactive ketones (excluding diaryl/α,β-unsaturated/α-hetero) is 1. The van der Waals surface area contributed by atoms with Crippen molar-refractivity contribution in [1.82, 2.24) is 0 Å². The maximum atomic E-state index is 11.6. The number of hydrogen-bond acceptors (Lipinski definition) is 2. The second kappa shape index (κ2) is 8.01. The van der Waals surface area contributed by atoms with Crippen molar-refractivity contribution in [3.63, 3.8) is 0 Å². The zero-order valence-electron chi connectivity index (χ0n) is 10.5. The van der Waals surface area contributed by atoms with Gasteiger partial charge in [-0.3, -0.25) is 4.79 Å². The average Bonchev–Trinajstić information content (AvgIpc) is 2.54. The number of allylic oxidation sites excluding steroid dienone is 2. The Balaban J connectivity index is 0.00000225. The predicted octanol–water partition coefficient (Wildman–Crippen LogP) is 2.56. The molecule has 1 saturated carbocycles. The van der Waals surface area contributed by atoms with Crippen LogP contribution < -0.4 is 0 Å². The summed E-state index contributed by atoms with van der Waals surface area (Å²) < 4.78 is 0. The molecule has 0 aromatic heterocycles. The molecule has 3 heteroatoms. The standard InChI is InChI=1S/C13H22O2.Ac/c1-4-5-6-10(3)13(15)12-9(2)7-8-11(12)14;/h4-5,9-10,12-13,15H,6-8H2,1-3H3;/b5-4-;/t9?,10-,12-,13-;/m1./s1. The molecule has 1 aliphatic carbocycles. The van der Waals surface area contributed by atoms with Crippen LogP contribution in [0.3, 0.4) is 0 Å². The molecule has 1 radical (unpaired) electrons. The van der Waals surface area contributed by atoms with Gasteiger partial charge in [0.2, 0.25) is 0 Å². The van der Waals surface area contributed by atoms with Crippen LogP contribution in [0.25, 0.3) is 0 Å². The number of rotatable bonds is 4. The smallest absolute Gasteiger partial charge is 0.138 e. The van der Waals surface area contributed by atoms with Crippen LogP contribution in [0.15, 0.2) is 12.2 Å². The fourth-order valence-electron chi connectivity index (χ4n) is 2.40. The fourth-order valence-corrected chi connectivity index (χ4v) is 2.40. The molecule has 0 saturated heterocycles. The SMILES string of the molecule is C/C=C\C[C@@H](C)[C@@H](O)[C@H]1C(=O)CCC1C.[Ac]. The first kappa shape index (κ1) is 16.8. The first-order valence-corrected chi connectivity index (χ1v) is 5.89. The molecule has 0 amide bonds. The van der Waals surface area contributed by atoms with Gasteiger partial charge in [-0.05, 0) is 31.6 Å². The van der Waals surface area contributed by atoms with Gasteiger partial charge in [-0.1, -0.05) is 26.0 Å². The van der Waals surface area contributed by atoms with E-state index in [-0.39, 0.29) is 61.7 Å². The summed E-state index contributed by atoms with van der Waals surface area (Å²) in [6.45, 7) is 6.06. The Morgan fingerprint density at radius 1 is 1.56 bits per heavy atom. The molecule has 1 rings (SSSR count). The molecule has 16 heavy (non-hydrogen) atoms. The number of hydrogen-bond donors (Lipinski definition) is 1. The van der Waals surface area contributed by atoms with Crippen molar-refractivity contribution in [2.75, 3.05) is 0 Å². The Morgan fingerprint density at radius 2 is 2.19 bits per heavy atom. The van der Waals surface area contributed by atoms with Gasteiger partial charge in [-0.2, -0.15) is 0 Å². The minimum atomic E-state index is -0.466. The van der Waals surface area contributed by atoms with E-state index in [4.69, 9.17) is 0 Å². The van der Waals surface area contributed by atoms with E-state index in [1.54, 1.807) is 0 Å². The summed E-state index contributed by atoms with van der Waals surface area (Å²) in [5.41, 5.74) is 0. The van der Waals surface area contributed by atoms with Gasteiger partial charge in [0, 0.05) is 56.4 Å². The van der Waals surface area contributed by atoms with Gasteiger partial charge in [-0.25, -0.2) is 0 Å². The van der Waals surface area contributed by atoms with Crippen molar-refractivity contribution < 1.29 is 54.0 Å². The zero-order chi connectivity index (χ0) is 11.4. The molecule has 0 aliphatic heterocycles. The summed E-state index contributed by atoms with van der Waals surface area (Å²) in [5.74, 6) is 0.656. The third kappa shape index (κ3) is 4.24. The third-order valence-corrected chi connectivity index (χ3v) is 3.53. The van der Waals surface area contributed by atoms with Gasteiger partial charge in [0.05, 0.1) is 6.10 Å². The monoisotopic (exact) mass is 437 g/mol. The van der Waals surface area contributed by atoms with Gasteiger partial charge in [0.25, 0.3) is 0 Å². The molecule has 89 valence electrons. The Hall–Kier alpha value is 0.812. The van der Waals surface area contributed by atoms with Gasteiger partial charge >= 0.3 is 0 Å². The van der Waals surface area contributed by atoms with E-state index < -0.39 is 6.10 Å². The first-order valence-electron chi connectivity index (χ1n) is 5.89. The number of ketones is 1. The van der Waals surface area contributed by atoms with E-state index in [2.05, 4.69) is 13.0 Å². The molecule has 0 aromatic rings. The minimum absolute atomic E-state index is 0. The normalized spacial score (nSPS) is 29.1. The number of aliphatic hydroxyl groups excluding tert-OH is 1. The molecular formula is C13H22AcO2.